The van der Waals surface area contributed by atoms with Gasteiger partial charge in [0.2, 0.25) is 10.0 Å². The number of amides is 1. The first-order valence-electron chi connectivity index (χ1n) is 10.7. The molecule has 4 rings (SSSR count). The van der Waals surface area contributed by atoms with Crippen LogP contribution in [0.25, 0.3) is 0 Å². The van der Waals surface area contributed by atoms with E-state index in [0.29, 0.717) is 18.8 Å². The minimum absolute atomic E-state index is 0.0709. The van der Waals surface area contributed by atoms with Crippen LogP contribution in [-0.4, -0.2) is 44.4 Å². The van der Waals surface area contributed by atoms with Crippen LogP contribution in [0.15, 0.2) is 51.8 Å². The number of carbonyl (C=O) groups excluding carboxylic acids is 1. The molecule has 0 spiro atoms. The number of carbonyl (C=O) groups is 1. The maximum absolute atomic E-state index is 12.9. The van der Waals surface area contributed by atoms with Gasteiger partial charge >= 0.3 is 0 Å². The molecule has 0 unspecified atom stereocenters. The number of benzene rings is 2. The van der Waals surface area contributed by atoms with Gasteiger partial charge in [-0.3, -0.25) is 4.79 Å². The molecule has 2 aromatic rings. The lowest BCUT2D eigenvalue weighted by atomic mass is 10.1. The van der Waals surface area contributed by atoms with Crippen LogP contribution >= 0.6 is 15.9 Å². The van der Waals surface area contributed by atoms with Gasteiger partial charge in [0.1, 0.15) is 5.75 Å². The number of fused-ring (bicyclic) bond motifs is 1. The van der Waals surface area contributed by atoms with Gasteiger partial charge in [0.15, 0.2) is 6.61 Å². The topological polar surface area (TPSA) is 66.9 Å². The predicted molar refractivity (Wildman–Crippen MR) is 124 cm³/mol. The second kappa shape index (κ2) is 9.30. The quantitative estimate of drug-likeness (QED) is 0.603. The van der Waals surface area contributed by atoms with Gasteiger partial charge in [-0.2, -0.15) is 4.31 Å². The normalized spacial score (nSPS) is 19.7. The van der Waals surface area contributed by atoms with Crippen molar-refractivity contribution in [2.75, 3.05) is 24.6 Å². The zero-order valence-electron chi connectivity index (χ0n) is 17.6. The first kappa shape index (κ1) is 22.3. The van der Waals surface area contributed by atoms with Crippen molar-refractivity contribution < 1.29 is 17.9 Å². The summed E-state index contributed by atoms with van der Waals surface area (Å²) in [5.41, 5.74) is 2.06. The Morgan fingerprint density at radius 3 is 2.42 bits per heavy atom. The Bertz CT molecular complexity index is 1050. The molecule has 1 fully saturated rings. The summed E-state index contributed by atoms with van der Waals surface area (Å²) in [6.07, 6.45) is 4.76. The average Bonchev–Trinajstić information content (AvgIpc) is 2.92. The van der Waals surface area contributed by atoms with Crippen molar-refractivity contribution in [3.63, 3.8) is 0 Å². The van der Waals surface area contributed by atoms with Gasteiger partial charge in [-0.1, -0.05) is 28.8 Å². The van der Waals surface area contributed by atoms with E-state index in [1.807, 2.05) is 25.1 Å². The zero-order valence-corrected chi connectivity index (χ0v) is 20.0. The van der Waals surface area contributed by atoms with Crippen LogP contribution in [0.3, 0.4) is 0 Å². The number of sulfonamides is 1. The highest BCUT2D eigenvalue weighted by Gasteiger charge is 2.31. The highest BCUT2D eigenvalue weighted by atomic mass is 79.9. The van der Waals surface area contributed by atoms with Gasteiger partial charge in [0, 0.05) is 29.3 Å². The van der Waals surface area contributed by atoms with Gasteiger partial charge in [-0.05, 0) is 74.2 Å². The highest BCUT2D eigenvalue weighted by molar-refractivity contribution is 9.10. The minimum atomic E-state index is -3.49. The van der Waals surface area contributed by atoms with Crippen molar-refractivity contribution in [2.24, 2.45) is 0 Å². The van der Waals surface area contributed by atoms with Crippen LogP contribution in [-0.2, 0) is 21.2 Å². The third-order valence-corrected chi connectivity index (χ3v) is 8.32. The van der Waals surface area contributed by atoms with E-state index >= 15 is 0 Å². The van der Waals surface area contributed by atoms with Crippen molar-refractivity contribution in [3.05, 3.63) is 52.5 Å². The molecular formula is C23H27BrN2O4S. The van der Waals surface area contributed by atoms with Gasteiger partial charge < -0.3 is 9.64 Å². The van der Waals surface area contributed by atoms with Crippen LogP contribution in [0.1, 0.15) is 38.2 Å². The number of nitrogens with zero attached hydrogens (tertiary/aromatic N) is 2. The van der Waals surface area contributed by atoms with E-state index < -0.39 is 10.0 Å². The van der Waals surface area contributed by atoms with E-state index in [2.05, 4.69) is 15.9 Å². The molecule has 31 heavy (non-hydrogen) atoms. The Kier molecular flexibility index (Phi) is 6.69. The Labute approximate surface area is 192 Å². The smallest absolute Gasteiger partial charge is 0.265 e. The van der Waals surface area contributed by atoms with E-state index in [9.17, 15) is 13.2 Å². The number of hydrogen-bond acceptors (Lipinski definition) is 4. The summed E-state index contributed by atoms with van der Waals surface area (Å²) in [6.45, 7) is 3.06. The third kappa shape index (κ3) is 4.81. The summed E-state index contributed by atoms with van der Waals surface area (Å²) in [4.78, 5) is 14.9. The zero-order chi connectivity index (χ0) is 22.0. The molecule has 166 valence electrons. The van der Waals surface area contributed by atoms with E-state index in [1.165, 1.54) is 0 Å². The maximum Gasteiger partial charge on any atom is 0.265 e. The molecule has 0 bridgehead atoms. The molecular weight excluding hydrogens is 480 g/mol. The fourth-order valence-electron chi connectivity index (χ4n) is 4.33. The van der Waals surface area contributed by atoms with E-state index in [0.717, 1.165) is 47.8 Å². The van der Waals surface area contributed by atoms with E-state index in [4.69, 9.17) is 4.74 Å². The monoisotopic (exact) mass is 506 g/mol. The summed E-state index contributed by atoms with van der Waals surface area (Å²) in [7, 11) is -3.49. The molecule has 0 aliphatic carbocycles. The van der Waals surface area contributed by atoms with E-state index in [-0.39, 0.29) is 23.5 Å². The summed E-state index contributed by atoms with van der Waals surface area (Å²) in [5.74, 6) is 0.362. The number of ether oxygens (including phenoxy) is 1. The minimum Gasteiger partial charge on any atom is -0.484 e. The molecule has 2 aliphatic heterocycles. The lowest BCUT2D eigenvalue weighted by molar-refractivity contribution is -0.120. The summed E-state index contributed by atoms with van der Waals surface area (Å²) in [5, 5.41) is 0. The molecule has 1 saturated heterocycles. The van der Waals surface area contributed by atoms with Crippen molar-refractivity contribution in [2.45, 2.75) is 50.0 Å². The highest BCUT2D eigenvalue weighted by Crippen LogP contribution is 2.34. The van der Waals surface area contributed by atoms with Crippen LogP contribution in [0.4, 0.5) is 5.69 Å². The van der Waals surface area contributed by atoms with Crippen molar-refractivity contribution >= 4 is 37.5 Å². The molecule has 2 aliphatic rings. The van der Waals surface area contributed by atoms with Crippen molar-refractivity contribution in [1.29, 1.82) is 0 Å². The lowest BCUT2D eigenvalue weighted by Crippen LogP contribution is -2.39. The van der Waals surface area contributed by atoms with Gasteiger partial charge in [-0.25, -0.2) is 8.42 Å². The molecule has 1 atom stereocenters. The first-order valence-corrected chi connectivity index (χ1v) is 12.9. The number of halogens is 1. The molecule has 0 N–H and O–H groups in total. The Morgan fingerprint density at radius 2 is 1.74 bits per heavy atom. The fourth-order valence-corrected chi connectivity index (χ4v) is 6.26. The number of anilines is 1. The van der Waals surface area contributed by atoms with Crippen LogP contribution in [0.5, 0.6) is 5.75 Å². The van der Waals surface area contributed by atoms with Crippen molar-refractivity contribution in [3.8, 4) is 5.75 Å². The van der Waals surface area contributed by atoms with Gasteiger partial charge in [-0.15, -0.1) is 0 Å². The Morgan fingerprint density at radius 1 is 1.06 bits per heavy atom. The van der Waals surface area contributed by atoms with Gasteiger partial charge in [0.05, 0.1) is 4.90 Å². The van der Waals surface area contributed by atoms with Crippen molar-refractivity contribution in [1.82, 2.24) is 4.31 Å². The van der Waals surface area contributed by atoms with Crippen LogP contribution in [0.2, 0.25) is 0 Å². The molecule has 2 heterocycles. The van der Waals surface area contributed by atoms with Crippen LogP contribution in [0, 0.1) is 0 Å². The molecule has 1 amide bonds. The molecule has 0 radical (unpaired) electrons. The predicted octanol–water partition coefficient (Wildman–Crippen LogP) is 4.37. The standard InChI is InChI=1S/C23H27BrN2O4S/c1-17-14-18-15-19(24)6-11-22(18)26(17)23(27)16-30-20-7-9-21(10-8-20)31(28,29)25-12-4-2-3-5-13-25/h6-11,15,17H,2-5,12-14,16H2,1H3/t17-/m0/s1. The second-order valence-corrected chi connectivity index (χ2v) is 11.0. The van der Waals surface area contributed by atoms with E-state index in [1.54, 1.807) is 33.5 Å². The number of hydrogen-bond donors (Lipinski definition) is 0. The maximum atomic E-state index is 12.9. The molecule has 8 heteroatoms. The molecule has 6 nitrogen and oxygen atoms in total. The molecule has 2 aromatic carbocycles. The Hall–Kier alpha value is -1.90. The summed E-state index contributed by atoms with van der Waals surface area (Å²) < 4.78 is 34.0. The number of rotatable bonds is 5. The lowest BCUT2D eigenvalue weighted by Gasteiger charge is -2.23. The van der Waals surface area contributed by atoms with Crippen LogP contribution < -0.4 is 9.64 Å². The second-order valence-electron chi connectivity index (χ2n) is 8.17. The molecule has 0 saturated carbocycles. The fraction of sp³-hybridized carbons (Fsp3) is 0.435. The van der Waals surface area contributed by atoms with Gasteiger partial charge in [0.25, 0.3) is 5.91 Å². The third-order valence-electron chi connectivity index (χ3n) is 5.91. The summed E-state index contributed by atoms with van der Waals surface area (Å²) >= 11 is 3.48. The average molecular weight is 507 g/mol. The molecule has 0 aromatic heterocycles. The summed E-state index contributed by atoms with van der Waals surface area (Å²) in [6, 6.07) is 12.4. The SMILES string of the molecule is C[C@H]1Cc2cc(Br)ccc2N1C(=O)COc1ccc(S(=O)(=O)N2CCCCCC2)cc1. The largest absolute Gasteiger partial charge is 0.484 e. The first-order chi connectivity index (χ1) is 14.9. The Balaban J connectivity index is 1.40.